The first-order chi connectivity index (χ1) is 12.0. The van der Waals surface area contributed by atoms with Crippen molar-refractivity contribution in [1.82, 2.24) is 5.32 Å². The van der Waals surface area contributed by atoms with Gasteiger partial charge in [-0.2, -0.15) is 0 Å². The number of nitrogens with one attached hydrogen (secondary N) is 2. The van der Waals surface area contributed by atoms with Gasteiger partial charge in [0, 0.05) is 23.7 Å². The number of aliphatic hydroxyl groups is 1. The van der Waals surface area contributed by atoms with E-state index in [-0.39, 0.29) is 30.1 Å². The molecule has 0 aromatic heterocycles. The second-order valence-electron chi connectivity index (χ2n) is 6.12. The molecule has 2 aromatic rings. The molecule has 2 amide bonds. The average Bonchev–Trinajstić information content (AvgIpc) is 3.45. The van der Waals surface area contributed by atoms with Gasteiger partial charge in [-0.15, -0.1) is 0 Å². The van der Waals surface area contributed by atoms with E-state index in [2.05, 4.69) is 10.6 Å². The lowest BCUT2D eigenvalue weighted by Gasteiger charge is -2.13. The Hall–Kier alpha value is -2.73. The summed E-state index contributed by atoms with van der Waals surface area (Å²) < 4.78 is 12.9. The molecule has 1 saturated carbocycles. The molecule has 1 unspecified atom stereocenters. The molecule has 0 heterocycles. The lowest BCUT2D eigenvalue weighted by atomic mass is 10.1. The minimum absolute atomic E-state index is 0.00310. The lowest BCUT2D eigenvalue weighted by Crippen LogP contribution is -2.28. The number of hydrogen-bond acceptors (Lipinski definition) is 3. The van der Waals surface area contributed by atoms with E-state index in [4.69, 9.17) is 0 Å². The highest BCUT2D eigenvalue weighted by atomic mass is 19.1. The summed E-state index contributed by atoms with van der Waals surface area (Å²) in [6, 6.07) is 12.1. The summed E-state index contributed by atoms with van der Waals surface area (Å²) in [5.41, 5.74) is 1.48. The van der Waals surface area contributed by atoms with Crippen molar-refractivity contribution in [3.63, 3.8) is 0 Å². The Labute approximate surface area is 144 Å². The zero-order chi connectivity index (χ0) is 17.8. The van der Waals surface area contributed by atoms with Crippen LogP contribution in [0.3, 0.4) is 0 Å². The standard InChI is InChI=1S/C19H19FN2O3/c20-15-8-6-12(7-9-15)17(23)11-21-18(24)14-2-1-3-16(10-14)22-19(25)13-4-5-13/h1-3,6-10,13,17,23H,4-5,11H2,(H,21,24)(H,22,25). The fourth-order valence-electron chi connectivity index (χ4n) is 2.42. The van der Waals surface area contributed by atoms with Crippen LogP contribution in [-0.4, -0.2) is 23.5 Å². The van der Waals surface area contributed by atoms with Crippen LogP contribution in [0.15, 0.2) is 48.5 Å². The fourth-order valence-corrected chi connectivity index (χ4v) is 2.42. The van der Waals surface area contributed by atoms with E-state index in [0.717, 1.165) is 12.8 Å². The lowest BCUT2D eigenvalue weighted by molar-refractivity contribution is -0.117. The molecule has 1 aliphatic rings. The van der Waals surface area contributed by atoms with Crippen molar-refractivity contribution in [1.29, 1.82) is 0 Å². The van der Waals surface area contributed by atoms with Gasteiger partial charge in [-0.3, -0.25) is 9.59 Å². The molecule has 0 spiro atoms. The minimum Gasteiger partial charge on any atom is -0.387 e. The molecule has 3 N–H and O–H groups in total. The van der Waals surface area contributed by atoms with E-state index >= 15 is 0 Å². The minimum atomic E-state index is -0.928. The Morgan fingerprint density at radius 1 is 1.16 bits per heavy atom. The van der Waals surface area contributed by atoms with Crippen molar-refractivity contribution in [3.05, 3.63) is 65.5 Å². The predicted molar refractivity (Wildman–Crippen MR) is 91.5 cm³/mol. The normalized spacial score (nSPS) is 14.6. The maximum atomic E-state index is 12.9. The number of aliphatic hydroxyl groups excluding tert-OH is 1. The first-order valence-electron chi connectivity index (χ1n) is 8.15. The molecule has 1 fully saturated rings. The Morgan fingerprint density at radius 3 is 2.56 bits per heavy atom. The van der Waals surface area contributed by atoms with Gasteiger partial charge >= 0.3 is 0 Å². The number of hydrogen-bond donors (Lipinski definition) is 3. The summed E-state index contributed by atoms with van der Waals surface area (Å²) in [7, 11) is 0. The number of benzene rings is 2. The largest absolute Gasteiger partial charge is 0.387 e. The van der Waals surface area contributed by atoms with Crippen molar-refractivity contribution in [2.24, 2.45) is 5.92 Å². The number of carbonyl (C=O) groups is 2. The highest BCUT2D eigenvalue weighted by Crippen LogP contribution is 2.30. The third kappa shape index (κ3) is 4.64. The molecular formula is C19H19FN2O3. The average molecular weight is 342 g/mol. The molecule has 2 aromatic carbocycles. The third-order valence-electron chi connectivity index (χ3n) is 4.05. The van der Waals surface area contributed by atoms with Crippen molar-refractivity contribution < 1.29 is 19.1 Å². The van der Waals surface area contributed by atoms with Gasteiger partial charge in [-0.05, 0) is 48.7 Å². The first-order valence-corrected chi connectivity index (χ1v) is 8.15. The van der Waals surface area contributed by atoms with Gasteiger partial charge < -0.3 is 15.7 Å². The van der Waals surface area contributed by atoms with Crippen LogP contribution in [0, 0.1) is 11.7 Å². The number of carbonyl (C=O) groups excluding carboxylic acids is 2. The Kier molecular flexibility index (Phi) is 5.09. The smallest absolute Gasteiger partial charge is 0.251 e. The van der Waals surface area contributed by atoms with E-state index in [0.29, 0.717) is 16.8 Å². The zero-order valence-corrected chi connectivity index (χ0v) is 13.5. The van der Waals surface area contributed by atoms with E-state index in [1.807, 2.05) is 0 Å². The van der Waals surface area contributed by atoms with Gasteiger partial charge in [0.2, 0.25) is 5.91 Å². The topological polar surface area (TPSA) is 78.4 Å². The molecule has 3 rings (SSSR count). The van der Waals surface area contributed by atoms with Gasteiger partial charge in [0.1, 0.15) is 5.82 Å². The van der Waals surface area contributed by atoms with E-state index in [9.17, 15) is 19.1 Å². The van der Waals surface area contributed by atoms with Crippen LogP contribution in [0.2, 0.25) is 0 Å². The third-order valence-corrected chi connectivity index (χ3v) is 4.05. The molecule has 1 aliphatic carbocycles. The number of rotatable bonds is 6. The molecule has 0 radical (unpaired) electrons. The summed E-state index contributed by atoms with van der Waals surface area (Å²) in [5, 5.41) is 15.5. The molecule has 6 heteroatoms. The molecule has 0 bridgehead atoms. The van der Waals surface area contributed by atoms with E-state index < -0.39 is 6.10 Å². The summed E-state index contributed by atoms with van der Waals surface area (Å²) in [5.74, 6) is -0.679. The van der Waals surface area contributed by atoms with Crippen LogP contribution in [0.25, 0.3) is 0 Å². The van der Waals surface area contributed by atoms with Gasteiger partial charge in [0.25, 0.3) is 5.91 Å². The highest BCUT2D eigenvalue weighted by Gasteiger charge is 2.29. The SMILES string of the molecule is O=C(NCC(O)c1ccc(F)cc1)c1cccc(NC(=O)C2CC2)c1. The van der Waals surface area contributed by atoms with Gasteiger partial charge in [-0.1, -0.05) is 18.2 Å². The highest BCUT2D eigenvalue weighted by molar-refractivity contribution is 5.98. The van der Waals surface area contributed by atoms with Crippen molar-refractivity contribution in [2.45, 2.75) is 18.9 Å². The van der Waals surface area contributed by atoms with Crippen LogP contribution >= 0.6 is 0 Å². The Balaban J connectivity index is 1.57. The number of amides is 2. The molecule has 0 aliphatic heterocycles. The molecule has 5 nitrogen and oxygen atoms in total. The van der Waals surface area contributed by atoms with Crippen molar-refractivity contribution >= 4 is 17.5 Å². The van der Waals surface area contributed by atoms with E-state index in [1.54, 1.807) is 24.3 Å². The first kappa shape index (κ1) is 17.1. The summed E-state index contributed by atoms with van der Waals surface area (Å²) in [6.45, 7) is 0.00310. The summed E-state index contributed by atoms with van der Waals surface area (Å²) in [6.07, 6.45) is 0.892. The molecule has 130 valence electrons. The number of halogens is 1. The predicted octanol–water partition coefficient (Wildman–Crippen LogP) is 2.64. The summed E-state index contributed by atoms with van der Waals surface area (Å²) >= 11 is 0. The Morgan fingerprint density at radius 2 is 1.88 bits per heavy atom. The van der Waals surface area contributed by atoms with Crippen LogP contribution < -0.4 is 10.6 Å². The Bertz CT molecular complexity index is 772. The van der Waals surface area contributed by atoms with Crippen LogP contribution in [-0.2, 0) is 4.79 Å². The number of anilines is 1. The second-order valence-corrected chi connectivity index (χ2v) is 6.12. The zero-order valence-electron chi connectivity index (χ0n) is 13.5. The van der Waals surface area contributed by atoms with Crippen LogP contribution in [0.5, 0.6) is 0 Å². The van der Waals surface area contributed by atoms with Gasteiger partial charge in [-0.25, -0.2) is 4.39 Å². The second kappa shape index (κ2) is 7.44. The summed E-state index contributed by atoms with van der Waals surface area (Å²) in [4.78, 5) is 24.0. The quantitative estimate of drug-likeness (QED) is 0.755. The molecular weight excluding hydrogens is 323 g/mol. The van der Waals surface area contributed by atoms with E-state index in [1.165, 1.54) is 24.3 Å². The molecule has 25 heavy (non-hydrogen) atoms. The van der Waals surface area contributed by atoms with Crippen LogP contribution in [0.1, 0.15) is 34.9 Å². The maximum Gasteiger partial charge on any atom is 0.251 e. The fraction of sp³-hybridized carbons (Fsp3) is 0.263. The van der Waals surface area contributed by atoms with Gasteiger partial charge in [0.15, 0.2) is 0 Å². The molecule has 0 saturated heterocycles. The maximum absolute atomic E-state index is 12.9. The van der Waals surface area contributed by atoms with Crippen molar-refractivity contribution in [2.75, 3.05) is 11.9 Å². The van der Waals surface area contributed by atoms with Crippen LogP contribution in [0.4, 0.5) is 10.1 Å². The monoisotopic (exact) mass is 342 g/mol. The molecule has 1 atom stereocenters. The van der Waals surface area contributed by atoms with Crippen molar-refractivity contribution in [3.8, 4) is 0 Å². The van der Waals surface area contributed by atoms with Gasteiger partial charge in [0.05, 0.1) is 6.10 Å².